The van der Waals surface area contributed by atoms with Crippen molar-refractivity contribution in [1.29, 1.82) is 0 Å². The fraction of sp³-hybridized carbons (Fsp3) is 0.143. The van der Waals surface area contributed by atoms with Crippen LogP contribution in [0.15, 0.2) is 29.6 Å². The molecule has 0 aliphatic heterocycles. The Balaban J connectivity index is 2.07. The number of aromatic nitrogens is 2. The summed E-state index contributed by atoms with van der Waals surface area (Å²) in [4.78, 5) is 9.41. The molecule has 2 heterocycles. The highest BCUT2D eigenvalue weighted by Crippen LogP contribution is 2.32. The van der Waals surface area contributed by atoms with E-state index in [-0.39, 0.29) is 0 Å². The summed E-state index contributed by atoms with van der Waals surface area (Å²) in [7, 11) is 0. The van der Waals surface area contributed by atoms with Gasteiger partial charge in [0.2, 0.25) is 11.8 Å². The van der Waals surface area contributed by atoms with E-state index in [0.29, 0.717) is 11.8 Å². The van der Waals surface area contributed by atoms with Crippen LogP contribution < -0.4 is 16.0 Å². The summed E-state index contributed by atoms with van der Waals surface area (Å²) in [5.74, 6) is 7.04. The van der Waals surface area contributed by atoms with Crippen LogP contribution in [-0.4, -0.2) is 9.97 Å². The molecule has 0 spiro atoms. The van der Waals surface area contributed by atoms with Crippen molar-refractivity contribution in [3.05, 3.63) is 40.8 Å². The van der Waals surface area contributed by atoms with Crippen molar-refractivity contribution < 1.29 is 4.74 Å². The first-order chi connectivity index (χ1) is 9.67. The summed E-state index contributed by atoms with van der Waals surface area (Å²) in [6.07, 6.45) is 0. The van der Waals surface area contributed by atoms with Gasteiger partial charge in [-0.25, -0.2) is 10.8 Å². The molecule has 3 rings (SSSR count). The molecule has 6 heteroatoms. The molecule has 3 N–H and O–H groups in total. The Bertz CT molecular complexity index is 769. The van der Waals surface area contributed by atoms with E-state index >= 15 is 0 Å². The number of hydrogen-bond donors (Lipinski definition) is 2. The zero-order valence-corrected chi connectivity index (χ0v) is 12.0. The molecular weight excluding hydrogens is 272 g/mol. The van der Waals surface area contributed by atoms with Crippen molar-refractivity contribution in [1.82, 2.24) is 9.97 Å². The maximum atomic E-state index is 5.94. The summed E-state index contributed by atoms with van der Waals surface area (Å²) in [5.41, 5.74) is 4.72. The van der Waals surface area contributed by atoms with Crippen molar-refractivity contribution in [3.63, 3.8) is 0 Å². The van der Waals surface area contributed by atoms with Crippen LogP contribution in [0.5, 0.6) is 11.6 Å². The van der Waals surface area contributed by atoms with Crippen LogP contribution in [0, 0.1) is 13.8 Å². The zero-order chi connectivity index (χ0) is 14.1. The summed E-state index contributed by atoms with van der Waals surface area (Å²) < 4.78 is 5.94. The third-order valence-electron chi connectivity index (χ3n) is 2.96. The molecule has 0 atom stereocenters. The molecular formula is C14H14N4OS. The molecule has 102 valence electrons. The average Bonchev–Trinajstić information content (AvgIpc) is 2.90. The number of thiophene rings is 1. The van der Waals surface area contributed by atoms with Gasteiger partial charge < -0.3 is 4.74 Å². The summed E-state index contributed by atoms with van der Waals surface area (Å²) in [5, 5.41) is 2.84. The number of ether oxygens (including phenoxy) is 1. The largest absolute Gasteiger partial charge is 0.438 e. The van der Waals surface area contributed by atoms with Crippen LogP contribution in [-0.2, 0) is 0 Å². The smallest absolute Gasteiger partial charge is 0.241 e. The van der Waals surface area contributed by atoms with Crippen molar-refractivity contribution >= 4 is 27.5 Å². The number of anilines is 1. The minimum atomic E-state index is 0.347. The molecule has 0 saturated carbocycles. The summed E-state index contributed by atoms with van der Waals surface area (Å²) in [6.45, 7) is 4.06. The van der Waals surface area contributed by atoms with Gasteiger partial charge in [0.05, 0.1) is 5.39 Å². The zero-order valence-electron chi connectivity index (χ0n) is 11.2. The molecule has 20 heavy (non-hydrogen) atoms. The lowest BCUT2D eigenvalue weighted by molar-refractivity contribution is 0.465. The minimum absolute atomic E-state index is 0.347. The van der Waals surface area contributed by atoms with Gasteiger partial charge in [0.15, 0.2) is 0 Å². The molecule has 5 nitrogen and oxygen atoms in total. The lowest BCUT2D eigenvalue weighted by atomic mass is 10.1. The van der Waals surface area contributed by atoms with E-state index in [1.807, 2.05) is 30.5 Å². The molecule has 2 aromatic heterocycles. The average molecular weight is 286 g/mol. The van der Waals surface area contributed by atoms with Crippen LogP contribution in [0.25, 0.3) is 10.2 Å². The Morgan fingerprint density at radius 1 is 1.20 bits per heavy atom. The third-order valence-corrected chi connectivity index (χ3v) is 3.76. The maximum absolute atomic E-state index is 5.94. The van der Waals surface area contributed by atoms with Crippen LogP contribution in [0.4, 0.5) is 5.95 Å². The van der Waals surface area contributed by atoms with Gasteiger partial charge in [-0.05, 0) is 36.9 Å². The van der Waals surface area contributed by atoms with Gasteiger partial charge in [0.1, 0.15) is 10.6 Å². The molecule has 0 fully saturated rings. The second kappa shape index (κ2) is 5.07. The van der Waals surface area contributed by atoms with Gasteiger partial charge in [-0.15, -0.1) is 11.3 Å². The maximum Gasteiger partial charge on any atom is 0.241 e. The summed E-state index contributed by atoms with van der Waals surface area (Å²) >= 11 is 1.52. The van der Waals surface area contributed by atoms with Gasteiger partial charge >= 0.3 is 0 Å². The van der Waals surface area contributed by atoms with E-state index in [1.165, 1.54) is 16.9 Å². The quantitative estimate of drug-likeness (QED) is 0.570. The van der Waals surface area contributed by atoms with Crippen LogP contribution in [0.2, 0.25) is 0 Å². The number of fused-ring (bicyclic) bond motifs is 1. The molecule has 0 bridgehead atoms. The fourth-order valence-corrected chi connectivity index (χ4v) is 2.74. The van der Waals surface area contributed by atoms with Gasteiger partial charge in [-0.1, -0.05) is 17.7 Å². The van der Waals surface area contributed by atoms with Crippen molar-refractivity contribution in [2.24, 2.45) is 5.84 Å². The first kappa shape index (κ1) is 12.8. The SMILES string of the molecule is Cc1ccc(Oc2nc(NN)nc3sccc23)c(C)c1. The van der Waals surface area contributed by atoms with E-state index < -0.39 is 0 Å². The third kappa shape index (κ3) is 2.31. The number of nitrogens with one attached hydrogen (secondary N) is 1. The van der Waals surface area contributed by atoms with Crippen molar-refractivity contribution in [3.8, 4) is 11.6 Å². The Morgan fingerprint density at radius 2 is 2.05 bits per heavy atom. The predicted molar refractivity (Wildman–Crippen MR) is 81.2 cm³/mol. The Hall–Kier alpha value is -2.18. The number of nitrogens with zero attached hydrogens (tertiary/aromatic N) is 2. The lowest BCUT2D eigenvalue weighted by Gasteiger charge is -2.10. The number of hydrazine groups is 1. The van der Waals surface area contributed by atoms with E-state index in [1.54, 1.807) is 0 Å². The number of hydrogen-bond acceptors (Lipinski definition) is 6. The number of rotatable bonds is 3. The fourth-order valence-electron chi connectivity index (χ4n) is 1.99. The summed E-state index contributed by atoms with van der Waals surface area (Å²) in [6, 6.07) is 7.97. The molecule has 3 aromatic rings. The standard InChI is InChI=1S/C14H14N4OS/c1-8-3-4-11(9(2)7-8)19-12-10-5-6-20-13(10)17-14(16-12)18-15/h3-7H,15H2,1-2H3,(H,16,17,18). The van der Waals surface area contributed by atoms with E-state index in [2.05, 4.69) is 28.4 Å². The van der Waals surface area contributed by atoms with Gasteiger partial charge in [0.25, 0.3) is 0 Å². The minimum Gasteiger partial charge on any atom is -0.438 e. The molecule has 1 aromatic carbocycles. The van der Waals surface area contributed by atoms with Crippen LogP contribution in [0.3, 0.4) is 0 Å². The number of nitrogen functional groups attached to an aromatic ring is 1. The predicted octanol–water partition coefficient (Wildman–Crippen LogP) is 3.39. The van der Waals surface area contributed by atoms with Crippen LogP contribution >= 0.6 is 11.3 Å². The van der Waals surface area contributed by atoms with E-state index in [4.69, 9.17) is 10.6 Å². The monoisotopic (exact) mass is 286 g/mol. The Labute approximate surface area is 120 Å². The van der Waals surface area contributed by atoms with Crippen LogP contribution in [0.1, 0.15) is 11.1 Å². The first-order valence-electron chi connectivity index (χ1n) is 6.14. The first-order valence-corrected chi connectivity index (χ1v) is 7.02. The highest BCUT2D eigenvalue weighted by Gasteiger charge is 2.11. The highest BCUT2D eigenvalue weighted by atomic mass is 32.1. The number of nitrogens with two attached hydrogens (primary N) is 1. The Kier molecular flexibility index (Phi) is 3.25. The van der Waals surface area contributed by atoms with Gasteiger partial charge in [0, 0.05) is 0 Å². The Morgan fingerprint density at radius 3 is 2.80 bits per heavy atom. The van der Waals surface area contributed by atoms with Gasteiger partial charge in [-0.2, -0.15) is 4.98 Å². The molecule has 0 radical (unpaired) electrons. The normalized spacial score (nSPS) is 10.8. The molecule has 0 saturated heterocycles. The molecule has 0 aliphatic carbocycles. The molecule has 0 amide bonds. The number of aryl methyl sites for hydroxylation is 2. The lowest BCUT2D eigenvalue weighted by Crippen LogP contribution is -2.10. The van der Waals surface area contributed by atoms with E-state index in [0.717, 1.165) is 21.5 Å². The molecule has 0 aliphatic rings. The second-order valence-corrected chi connectivity index (χ2v) is 5.40. The van der Waals surface area contributed by atoms with Crippen molar-refractivity contribution in [2.45, 2.75) is 13.8 Å². The topological polar surface area (TPSA) is 73.1 Å². The van der Waals surface area contributed by atoms with E-state index in [9.17, 15) is 0 Å². The molecule has 0 unspecified atom stereocenters. The highest BCUT2D eigenvalue weighted by molar-refractivity contribution is 7.16. The van der Waals surface area contributed by atoms with Gasteiger partial charge in [-0.3, -0.25) is 5.43 Å². The second-order valence-electron chi connectivity index (χ2n) is 4.51. The van der Waals surface area contributed by atoms with Crippen molar-refractivity contribution in [2.75, 3.05) is 5.43 Å². The number of benzene rings is 1.